The summed E-state index contributed by atoms with van der Waals surface area (Å²) in [6, 6.07) is 11.7. The van der Waals surface area contributed by atoms with Crippen molar-refractivity contribution in [1.29, 1.82) is 0 Å². The summed E-state index contributed by atoms with van der Waals surface area (Å²) in [5, 5.41) is 5.93. The van der Waals surface area contributed by atoms with E-state index in [1.54, 1.807) is 6.07 Å². The molecule has 0 unspecified atom stereocenters. The smallest absolute Gasteiger partial charge is 0.279 e. The van der Waals surface area contributed by atoms with Crippen molar-refractivity contribution in [3.05, 3.63) is 65.0 Å². The number of carbonyl (C=O) groups excluding carboxylic acids is 2. The lowest BCUT2D eigenvalue weighted by Gasteiger charge is -2.29. The Kier molecular flexibility index (Phi) is 6.41. The van der Waals surface area contributed by atoms with E-state index >= 15 is 0 Å². The van der Waals surface area contributed by atoms with Crippen molar-refractivity contribution in [3.63, 3.8) is 0 Å². The Labute approximate surface area is 164 Å². The lowest BCUT2D eigenvalue weighted by molar-refractivity contribution is -0.897. The van der Waals surface area contributed by atoms with Gasteiger partial charge in [-0.25, -0.2) is 4.39 Å². The number of rotatable bonds is 5. The molecule has 3 rings (SSSR count). The average molecular weight is 384 g/mol. The van der Waals surface area contributed by atoms with Gasteiger partial charge in [0.15, 0.2) is 6.54 Å². The van der Waals surface area contributed by atoms with E-state index in [2.05, 4.69) is 10.6 Å². The number of amides is 2. The second-order valence-electron chi connectivity index (χ2n) is 7.53. The maximum Gasteiger partial charge on any atom is 0.279 e. The van der Waals surface area contributed by atoms with Crippen LogP contribution in [0.5, 0.6) is 0 Å². The number of anilines is 1. The third-order valence-electron chi connectivity index (χ3n) is 5.32. The highest BCUT2D eigenvalue weighted by Crippen LogP contribution is 2.13. The lowest BCUT2D eigenvalue weighted by atomic mass is 10.0. The summed E-state index contributed by atoms with van der Waals surface area (Å²) in [6.07, 6.45) is 1.60. The molecule has 148 valence electrons. The van der Waals surface area contributed by atoms with Gasteiger partial charge in [0.05, 0.1) is 13.1 Å². The largest absolute Gasteiger partial charge is 0.349 e. The Bertz CT molecular complexity index is 861. The molecular weight excluding hydrogens is 357 g/mol. The van der Waals surface area contributed by atoms with Crippen molar-refractivity contribution < 1.29 is 18.9 Å². The quantitative estimate of drug-likeness (QED) is 0.737. The number of nitrogens with one attached hydrogen (secondary N) is 3. The van der Waals surface area contributed by atoms with Crippen LogP contribution in [0, 0.1) is 19.7 Å². The Morgan fingerprint density at radius 2 is 1.82 bits per heavy atom. The Morgan fingerprint density at radius 3 is 2.50 bits per heavy atom. The van der Waals surface area contributed by atoms with Crippen molar-refractivity contribution in [2.45, 2.75) is 32.7 Å². The minimum atomic E-state index is -0.415. The number of likely N-dealkylation sites (tertiary alicyclic amines) is 1. The van der Waals surface area contributed by atoms with Gasteiger partial charge < -0.3 is 15.5 Å². The summed E-state index contributed by atoms with van der Waals surface area (Å²) in [4.78, 5) is 25.8. The van der Waals surface area contributed by atoms with Crippen molar-refractivity contribution in [3.8, 4) is 0 Å². The van der Waals surface area contributed by atoms with Crippen molar-refractivity contribution in [1.82, 2.24) is 5.32 Å². The monoisotopic (exact) mass is 384 g/mol. The molecular formula is C22H27FN3O2+. The molecule has 2 aromatic rings. The summed E-state index contributed by atoms with van der Waals surface area (Å²) in [6.45, 7) is 6.11. The maximum absolute atomic E-state index is 13.3. The first-order valence-corrected chi connectivity index (χ1v) is 9.68. The number of quaternary nitrogens is 1. The first-order valence-electron chi connectivity index (χ1n) is 9.68. The van der Waals surface area contributed by atoms with Crippen LogP contribution in [-0.4, -0.2) is 37.5 Å². The summed E-state index contributed by atoms with van der Waals surface area (Å²) < 4.78 is 13.3. The lowest BCUT2D eigenvalue weighted by Crippen LogP contribution is -3.14. The second kappa shape index (κ2) is 8.97. The highest BCUT2D eigenvalue weighted by molar-refractivity contribution is 5.94. The molecule has 0 aromatic heterocycles. The van der Waals surface area contributed by atoms with Crippen molar-refractivity contribution in [2.24, 2.45) is 0 Å². The van der Waals surface area contributed by atoms with E-state index in [0.29, 0.717) is 12.1 Å². The number of halogens is 1. The molecule has 0 spiro atoms. The standard InChI is InChI=1S/C22H26FN3O2/c1-15-6-7-20(12-16(15)2)24-21(27)14-26-10-8-19(9-11-26)25-22(28)17-4-3-5-18(23)13-17/h3-7,12-13,19H,8-11,14H2,1-2H3,(H,24,27)(H,25,28)/p+1. The first-order chi connectivity index (χ1) is 13.4. The van der Waals surface area contributed by atoms with E-state index in [-0.39, 0.29) is 17.9 Å². The van der Waals surface area contributed by atoms with Gasteiger partial charge in [-0.15, -0.1) is 0 Å². The molecule has 3 N–H and O–H groups in total. The zero-order valence-electron chi connectivity index (χ0n) is 16.3. The molecule has 1 heterocycles. The highest BCUT2D eigenvalue weighted by atomic mass is 19.1. The van der Waals surface area contributed by atoms with E-state index in [0.717, 1.165) is 37.2 Å². The van der Waals surface area contributed by atoms with Crippen molar-refractivity contribution in [2.75, 3.05) is 25.0 Å². The average Bonchev–Trinajstić information content (AvgIpc) is 2.66. The fraction of sp³-hybridized carbons (Fsp3) is 0.364. The fourth-order valence-corrected chi connectivity index (χ4v) is 3.50. The van der Waals surface area contributed by atoms with E-state index in [4.69, 9.17) is 0 Å². The molecule has 2 amide bonds. The predicted molar refractivity (Wildman–Crippen MR) is 107 cm³/mol. The van der Waals surface area contributed by atoms with Crippen LogP contribution in [0.25, 0.3) is 0 Å². The minimum absolute atomic E-state index is 0.000462. The molecule has 28 heavy (non-hydrogen) atoms. The van der Waals surface area contributed by atoms with E-state index in [9.17, 15) is 14.0 Å². The fourth-order valence-electron chi connectivity index (χ4n) is 3.50. The van der Waals surface area contributed by atoms with E-state index in [1.807, 2.05) is 32.0 Å². The zero-order chi connectivity index (χ0) is 20.1. The number of benzene rings is 2. The van der Waals surface area contributed by atoms with Crippen LogP contribution in [0.1, 0.15) is 34.3 Å². The number of piperidine rings is 1. The summed E-state index contributed by atoms with van der Waals surface area (Å²) in [7, 11) is 0. The molecule has 1 aliphatic rings. The third kappa shape index (κ3) is 5.39. The van der Waals surface area contributed by atoms with Gasteiger partial charge in [-0.3, -0.25) is 9.59 Å². The third-order valence-corrected chi connectivity index (χ3v) is 5.32. The molecule has 5 nitrogen and oxygen atoms in total. The van der Waals surface area contributed by atoms with Crippen LogP contribution in [0.4, 0.5) is 10.1 Å². The van der Waals surface area contributed by atoms with Crippen LogP contribution in [-0.2, 0) is 4.79 Å². The van der Waals surface area contributed by atoms with Gasteiger partial charge in [-0.2, -0.15) is 0 Å². The molecule has 0 bridgehead atoms. The Morgan fingerprint density at radius 1 is 1.07 bits per heavy atom. The molecule has 0 atom stereocenters. The predicted octanol–water partition coefficient (Wildman–Crippen LogP) is 1.86. The Balaban J connectivity index is 1.44. The summed E-state index contributed by atoms with van der Waals surface area (Å²) in [5.74, 6) is -0.664. The van der Waals surface area contributed by atoms with Gasteiger partial charge in [-0.1, -0.05) is 12.1 Å². The molecule has 0 radical (unpaired) electrons. The number of carbonyl (C=O) groups is 2. The van der Waals surface area contributed by atoms with E-state index < -0.39 is 5.82 Å². The number of hydrogen-bond donors (Lipinski definition) is 3. The highest BCUT2D eigenvalue weighted by Gasteiger charge is 2.25. The second-order valence-corrected chi connectivity index (χ2v) is 7.53. The van der Waals surface area contributed by atoms with Crippen LogP contribution >= 0.6 is 0 Å². The molecule has 0 saturated carbocycles. The van der Waals surface area contributed by atoms with Crippen LogP contribution < -0.4 is 15.5 Å². The number of aryl methyl sites for hydroxylation is 2. The number of hydrogen-bond acceptors (Lipinski definition) is 2. The minimum Gasteiger partial charge on any atom is -0.349 e. The van der Waals surface area contributed by atoms with Crippen LogP contribution in [0.15, 0.2) is 42.5 Å². The van der Waals surface area contributed by atoms with Gasteiger partial charge in [0, 0.05) is 30.1 Å². The molecule has 2 aromatic carbocycles. The first kappa shape index (κ1) is 20.0. The summed E-state index contributed by atoms with van der Waals surface area (Å²) in [5.41, 5.74) is 3.51. The van der Waals surface area contributed by atoms with Gasteiger partial charge in [0.25, 0.3) is 11.8 Å². The van der Waals surface area contributed by atoms with Crippen molar-refractivity contribution >= 4 is 17.5 Å². The van der Waals surface area contributed by atoms with Crippen LogP contribution in [0.3, 0.4) is 0 Å². The molecule has 6 heteroatoms. The molecule has 0 aliphatic carbocycles. The van der Waals surface area contributed by atoms with Gasteiger partial charge in [0.2, 0.25) is 0 Å². The molecule has 1 aliphatic heterocycles. The van der Waals surface area contributed by atoms with E-state index in [1.165, 1.54) is 28.7 Å². The molecule has 1 saturated heterocycles. The zero-order valence-corrected chi connectivity index (χ0v) is 16.3. The SMILES string of the molecule is Cc1ccc(NC(=O)C[NH+]2CCC(NC(=O)c3cccc(F)c3)CC2)cc1C. The summed E-state index contributed by atoms with van der Waals surface area (Å²) >= 11 is 0. The topological polar surface area (TPSA) is 62.6 Å². The van der Waals surface area contributed by atoms with Gasteiger partial charge in [0.1, 0.15) is 5.82 Å². The van der Waals surface area contributed by atoms with Gasteiger partial charge >= 0.3 is 0 Å². The Hall–Kier alpha value is -2.73. The maximum atomic E-state index is 13.3. The molecule has 1 fully saturated rings. The van der Waals surface area contributed by atoms with Crippen LogP contribution in [0.2, 0.25) is 0 Å². The normalized spacial score (nSPS) is 19.1. The van der Waals surface area contributed by atoms with Gasteiger partial charge in [-0.05, 0) is 55.3 Å².